The highest BCUT2D eigenvalue weighted by Crippen LogP contribution is 2.23. The maximum atomic E-state index is 12.6. The maximum absolute atomic E-state index is 12.6. The average molecular weight is 334 g/mol. The van der Waals surface area contributed by atoms with Gasteiger partial charge in [-0.3, -0.25) is 14.2 Å². The summed E-state index contributed by atoms with van der Waals surface area (Å²) in [5, 5.41) is 3.93. The molecular formula is C21H22N2O2. The largest absolute Gasteiger partial charge is 0.324 e. The number of amides is 1. The van der Waals surface area contributed by atoms with Crippen LogP contribution in [0.3, 0.4) is 0 Å². The van der Waals surface area contributed by atoms with Gasteiger partial charge in [0.25, 0.3) is 5.56 Å². The molecule has 0 spiro atoms. The third-order valence-corrected chi connectivity index (χ3v) is 4.38. The number of fused-ring (bicyclic) bond motifs is 1. The quantitative estimate of drug-likeness (QED) is 0.782. The van der Waals surface area contributed by atoms with Crippen molar-refractivity contribution < 1.29 is 4.79 Å². The number of aryl methyl sites for hydroxylation is 1. The molecule has 128 valence electrons. The van der Waals surface area contributed by atoms with Crippen LogP contribution in [0.2, 0.25) is 0 Å². The molecule has 1 aromatic heterocycles. The molecule has 1 amide bonds. The lowest BCUT2D eigenvalue weighted by atomic mass is 10.0. The van der Waals surface area contributed by atoms with Crippen molar-refractivity contribution in [3.63, 3.8) is 0 Å². The summed E-state index contributed by atoms with van der Waals surface area (Å²) in [6.07, 6.45) is 0. The number of pyridine rings is 1. The Labute approximate surface area is 147 Å². The van der Waals surface area contributed by atoms with Crippen LogP contribution in [-0.2, 0) is 11.3 Å². The lowest BCUT2D eigenvalue weighted by Crippen LogP contribution is -2.28. The topological polar surface area (TPSA) is 51.1 Å². The van der Waals surface area contributed by atoms with E-state index < -0.39 is 0 Å². The van der Waals surface area contributed by atoms with Crippen LogP contribution >= 0.6 is 0 Å². The summed E-state index contributed by atoms with van der Waals surface area (Å²) in [7, 11) is 0. The summed E-state index contributed by atoms with van der Waals surface area (Å²) < 4.78 is 1.52. The van der Waals surface area contributed by atoms with E-state index >= 15 is 0 Å². The average Bonchev–Trinajstić information content (AvgIpc) is 2.59. The van der Waals surface area contributed by atoms with Gasteiger partial charge in [0.05, 0.1) is 5.52 Å². The Balaban J connectivity index is 1.93. The van der Waals surface area contributed by atoms with E-state index in [2.05, 4.69) is 19.2 Å². The van der Waals surface area contributed by atoms with Crippen molar-refractivity contribution in [2.24, 2.45) is 0 Å². The molecule has 4 heteroatoms. The van der Waals surface area contributed by atoms with Gasteiger partial charge in [-0.25, -0.2) is 0 Å². The minimum atomic E-state index is -0.204. The second kappa shape index (κ2) is 6.93. The van der Waals surface area contributed by atoms with E-state index in [1.54, 1.807) is 6.07 Å². The first-order valence-electron chi connectivity index (χ1n) is 8.45. The molecule has 1 heterocycles. The number of nitrogens with zero attached hydrogens (tertiary/aromatic N) is 1. The highest BCUT2D eigenvalue weighted by molar-refractivity contribution is 5.92. The number of hydrogen-bond donors (Lipinski definition) is 1. The number of carbonyl (C=O) groups excluding carboxylic acids is 1. The zero-order valence-electron chi connectivity index (χ0n) is 14.7. The molecular weight excluding hydrogens is 312 g/mol. The van der Waals surface area contributed by atoms with Crippen molar-refractivity contribution in [2.75, 3.05) is 5.32 Å². The highest BCUT2D eigenvalue weighted by Gasteiger charge is 2.12. The third-order valence-electron chi connectivity index (χ3n) is 4.38. The third kappa shape index (κ3) is 3.48. The predicted octanol–water partition coefficient (Wildman–Crippen LogP) is 4.07. The molecule has 0 fully saturated rings. The number of benzene rings is 2. The van der Waals surface area contributed by atoms with E-state index in [-0.39, 0.29) is 18.0 Å². The fourth-order valence-electron chi connectivity index (χ4n) is 3.11. The van der Waals surface area contributed by atoms with Crippen molar-refractivity contribution >= 4 is 22.5 Å². The minimum absolute atomic E-state index is 0.00788. The van der Waals surface area contributed by atoms with Crippen LogP contribution in [0.5, 0.6) is 0 Å². The Hall–Kier alpha value is -2.88. The van der Waals surface area contributed by atoms with Crippen LogP contribution in [0.1, 0.15) is 30.9 Å². The molecule has 3 aromatic rings. The summed E-state index contributed by atoms with van der Waals surface area (Å²) >= 11 is 0. The van der Waals surface area contributed by atoms with Crippen LogP contribution < -0.4 is 10.9 Å². The zero-order chi connectivity index (χ0) is 18.0. The number of hydrogen-bond acceptors (Lipinski definition) is 2. The molecule has 0 aliphatic heterocycles. The molecule has 0 unspecified atom stereocenters. The van der Waals surface area contributed by atoms with Crippen LogP contribution in [0.4, 0.5) is 5.69 Å². The highest BCUT2D eigenvalue weighted by atomic mass is 16.2. The molecule has 0 aliphatic rings. The zero-order valence-corrected chi connectivity index (χ0v) is 14.7. The molecule has 0 aliphatic carbocycles. The fraction of sp³-hybridized carbons (Fsp3) is 0.238. The predicted molar refractivity (Wildman–Crippen MR) is 102 cm³/mol. The van der Waals surface area contributed by atoms with E-state index in [1.807, 2.05) is 55.5 Å². The van der Waals surface area contributed by atoms with Crippen molar-refractivity contribution in [1.82, 2.24) is 4.57 Å². The molecule has 1 N–H and O–H groups in total. The molecule has 25 heavy (non-hydrogen) atoms. The summed E-state index contributed by atoms with van der Waals surface area (Å²) in [5.74, 6) is 0.101. The fourth-order valence-corrected chi connectivity index (χ4v) is 3.11. The van der Waals surface area contributed by atoms with E-state index in [4.69, 9.17) is 0 Å². The van der Waals surface area contributed by atoms with E-state index in [0.717, 1.165) is 27.7 Å². The van der Waals surface area contributed by atoms with Gasteiger partial charge in [0.1, 0.15) is 6.54 Å². The van der Waals surface area contributed by atoms with Gasteiger partial charge < -0.3 is 5.32 Å². The Kier molecular flexibility index (Phi) is 4.70. The Morgan fingerprint density at radius 1 is 1.08 bits per heavy atom. The normalized spacial score (nSPS) is 11.0. The standard InChI is InChI=1S/C21H22N2O2/c1-14(2)16-8-4-6-10-18(16)22-20(24)13-23-19-11-7-5-9-17(19)15(3)12-21(23)25/h4-12,14H,13H2,1-3H3,(H,22,24). The molecule has 0 radical (unpaired) electrons. The number of aromatic nitrogens is 1. The van der Waals surface area contributed by atoms with Gasteiger partial charge in [0.15, 0.2) is 0 Å². The number of carbonyl (C=O) groups is 1. The molecule has 0 atom stereocenters. The monoisotopic (exact) mass is 334 g/mol. The van der Waals surface area contributed by atoms with Crippen LogP contribution in [0.15, 0.2) is 59.4 Å². The van der Waals surface area contributed by atoms with Crippen LogP contribution in [-0.4, -0.2) is 10.5 Å². The second-order valence-electron chi connectivity index (χ2n) is 6.56. The first kappa shape index (κ1) is 17.0. The van der Waals surface area contributed by atoms with Crippen molar-refractivity contribution in [3.8, 4) is 0 Å². The number of anilines is 1. The van der Waals surface area contributed by atoms with Gasteiger partial charge >= 0.3 is 0 Å². The van der Waals surface area contributed by atoms with Gasteiger partial charge in [0, 0.05) is 17.1 Å². The molecule has 2 aromatic carbocycles. The molecule has 3 rings (SSSR count). The van der Waals surface area contributed by atoms with Gasteiger partial charge in [-0.1, -0.05) is 50.2 Å². The van der Waals surface area contributed by atoms with Gasteiger partial charge in [0.2, 0.25) is 5.91 Å². The Morgan fingerprint density at radius 2 is 1.76 bits per heavy atom. The summed E-state index contributed by atoms with van der Waals surface area (Å²) in [6.45, 7) is 6.07. The van der Waals surface area contributed by atoms with Gasteiger partial charge in [-0.15, -0.1) is 0 Å². The molecule has 4 nitrogen and oxygen atoms in total. The first-order valence-corrected chi connectivity index (χ1v) is 8.45. The number of para-hydroxylation sites is 2. The van der Waals surface area contributed by atoms with Crippen LogP contribution in [0.25, 0.3) is 10.9 Å². The summed E-state index contributed by atoms with van der Waals surface area (Å²) in [5.41, 5.74) is 3.41. The van der Waals surface area contributed by atoms with Crippen molar-refractivity contribution in [1.29, 1.82) is 0 Å². The lowest BCUT2D eigenvalue weighted by molar-refractivity contribution is -0.116. The van der Waals surface area contributed by atoms with E-state index in [0.29, 0.717) is 5.92 Å². The Bertz CT molecular complexity index is 987. The SMILES string of the molecule is Cc1cc(=O)n(CC(=O)Nc2ccccc2C(C)C)c2ccccc12. The smallest absolute Gasteiger partial charge is 0.251 e. The van der Waals surface area contributed by atoms with Gasteiger partial charge in [-0.2, -0.15) is 0 Å². The summed E-state index contributed by atoms with van der Waals surface area (Å²) in [6, 6.07) is 17.0. The lowest BCUT2D eigenvalue weighted by Gasteiger charge is -2.15. The van der Waals surface area contributed by atoms with Crippen LogP contribution in [0, 0.1) is 6.92 Å². The summed E-state index contributed by atoms with van der Waals surface area (Å²) in [4.78, 5) is 25.0. The minimum Gasteiger partial charge on any atom is -0.324 e. The van der Waals surface area contributed by atoms with Crippen molar-refractivity contribution in [3.05, 3.63) is 76.1 Å². The maximum Gasteiger partial charge on any atom is 0.251 e. The first-order chi connectivity index (χ1) is 12.0. The van der Waals surface area contributed by atoms with Crippen molar-refractivity contribution in [2.45, 2.75) is 33.2 Å². The van der Waals surface area contributed by atoms with E-state index in [1.165, 1.54) is 4.57 Å². The number of nitrogens with one attached hydrogen (secondary N) is 1. The Morgan fingerprint density at radius 3 is 2.52 bits per heavy atom. The molecule has 0 saturated heterocycles. The second-order valence-corrected chi connectivity index (χ2v) is 6.56. The van der Waals surface area contributed by atoms with Gasteiger partial charge in [-0.05, 0) is 36.1 Å². The van der Waals surface area contributed by atoms with E-state index in [9.17, 15) is 9.59 Å². The number of rotatable bonds is 4. The molecule has 0 bridgehead atoms. The molecule has 0 saturated carbocycles.